The Morgan fingerprint density at radius 2 is 2.15 bits per heavy atom. The topological polar surface area (TPSA) is 90.3 Å². The predicted molar refractivity (Wildman–Crippen MR) is 93.0 cm³/mol. The third kappa shape index (κ3) is 2.85. The molecular formula is C19H18FN3O3. The van der Waals surface area contributed by atoms with Crippen molar-refractivity contribution in [1.82, 2.24) is 4.57 Å². The van der Waals surface area contributed by atoms with Gasteiger partial charge in [0, 0.05) is 31.0 Å². The van der Waals surface area contributed by atoms with Gasteiger partial charge in [-0.15, -0.1) is 0 Å². The number of nitrogens with two attached hydrogens (primary N) is 1. The standard InChI is InChI=1S/C19H18FN3O3/c1-11-9-15-17(19(24)23(11)7-8-25-2)16(13(10-21)18(22)26-15)12-5-3-4-6-14(12)20/h3-6,9,16H,7-8,22H2,1-2H3/t16-/m1/s1. The molecule has 0 amide bonds. The third-order valence-electron chi connectivity index (χ3n) is 4.43. The fourth-order valence-electron chi connectivity index (χ4n) is 3.17. The number of hydrogen-bond acceptors (Lipinski definition) is 5. The average molecular weight is 355 g/mol. The lowest BCUT2D eigenvalue weighted by molar-refractivity contribution is 0.185. The molecule has 1 atom stereocenters. The number of aryl methyl sites for hydroxylation is 1. The molecule has 0 aliphatic carbocycles. The van der Waals surface area contributed by atoms with Crippen molar-refractivity contribution >= 4 is 0 Å². The monoisotopic (exact) mass is 355 g/mol. The Bertz CT molecular complexity index is 988. The summed E-state index contributed by atoms with van der Waals surface area (Å²) in [6, 6.07) is 9.65. The molecule has 2 heterocycles. The Morgan fingerprint density at radius 1 is 1.42 bits per heavy atom. The number of fused-ring (bicyclic) bond motifs is 1. The van der Waals surface area contributed by atoms with Crippen LogP contribution >= 0.6 is 0 Å². The molecule has 134 valence electrons. The molecule has 0 bridgehead atoms. The lowest BCUT2D eigenvalue weighted by atomic mass is 9.83. The first-order valence-electron chi connectivity index (χ1n) is 8.04. The van der Waals surface area contributed by atoms with Crippen molar-refractivity contribution in [2.75, 3.05) is 13.7 Å². The molecular weight excluding hydrogens is 337 g/mol. The van der Waals surface area contributed by atoms with Gasteiger partial charge in [0.1, 0.15) is 23.2 Å². The van der Waals surface area contributed by atoms with E-state index in [1.165, 1.54) is 10.6 Å². The molecule has 0 radical (unpaired) electrons. The van der Waals surface area contributed by atoms with Crippen LogP contribution < -0.4 is 16.0 Å². The maximum Gasteiger partial charge on any atom is 0.258 e. The highest BCUT2D eigenvalue weighted by Crippen LogP contribution is 2.41. The SMILES string of the molecule is COCCn1c(C)cc2c(c1=O)[C@H](c1ccccc1F)C(C#N)=C(N)O2. The summed E-state index contributed by atoms with van der Waals surface area (Å²) in [6.07, 6.45) is 0. The lowest BCUT2D eigenvalue weighted by Crippen LogP contribution is -2.33. The van der Waals surface area contributed by atoms with Gasteiger partial charge in [-0.25, -0.2) is 4.39 Å². The summed E-state index contributed by atoms with van der Waals surface area (Å²) in [7, 11) is 1.54. The zero-order chi connectivity index (χ0) is 18.8. The lowest BCUT2D eigenvalue weighted by Gasteiger charge is -2.27. The number of benzene rings is 1. The summed E-state index contributed by atoms with van der Waals surface area (Å²) in [5, 5.41) is 9.55. The predicted octanol–water partition coefficient (Wildman–Crippen LogP) is 2.16. The summed E-state index contributed by atoms with van der Waals surface area (Å²) in [4.78, 5) is 13.1. The number of methoxy groups -OCH3 is 1. The molecule has 7 heteroatoms. The normalized spacial score (nSPS) is 16.0. The van der Waals surface area contributed by atoms with E-state index >= 15 is 0 Å². The van der Waals surface area contributed by atoms with Crippen LogP contribution in [0.2, 0.25) is 0 Å². The molecule has 6 nitrogen and oxygen atoms in total. The zero-order valence-corrected chi connectivity index (χ0v) is 14.5. The summed E-state index contributed by atoms with van der Waals surface area (Å²) in [5.41, 5.74) is 6.60. The number of halogens is 1. The second-order valence-electron chi connectivity index (χ2n) is 5.96. The molecule has 0 spiro atoms. The first-order valence-corrected chi connectivity index (χ1v) is 8.04. The van der Waals surface area contributed by atoms with Crippen molar-refractivity contribution in [2.24, 2.45) is 5.73 Å². The number of nitriles is 1. The minimum Gasteiger partial charge on any atom is -0.440 e. The number of aromatic nitrogens is 1. The Hall–Kier alpha value is -3.11. The molecule has 0 saturated carbocycles. The van der Waals surface area contributed by atoms with Crippen molar-refractivity contribution in [2.45, 2.75) is 19.4 Å². The Balaban J connectivity index is 2.30. The van der Waals surface area contributed by atoms with Crippen LogP contribution in [0.5, 0.6) is 5.75 Å². The van der Waals surface area contributed by atoms with Crippen LogP contribution in [0.1, 0.15) is 22.7 Å². The van der Waals surface area contributed by atoms with Crippen LogP contribution in [0, 0.1) is 24.1 Å². The summed E-state index contributed by atoms with van der Waals surface area (Å²) < 4.78 is 26.6. The number of rotatable bonds is 4. The van der Waals surface area contributed by atoms with Gasteiger partial charge in [-0.05, 0) is 13.0 Å². The van der Waals surface area contributed by atoms with Crippen molar-refractivity contribution < 1.29 is 13.9 Å². The van der Waals surface area contributed by atoms with Crippen molar-refractivity contribution in [1.29, 1.82) is 5.26 Å². The van der Waals surface area contributed by atoms with Crippen molar-refractivity contribution in [3.8, 4) is 11.8 Å². The van der Waals surface area contributed by atoms with E-state index in [9.17, 15) is 14.4 Å². The van der Waals surface area contributed by atoms with Gasteiger partial charge in [-0.2, -0.15) is 5.26 Å². The second-order valence-corrected chi connectivity index (χ2v) is 5.96. The number of nitrogens with zero attached hydrogens (tertiary/aromatic N) is 2. The van der Waals surface area contributed by atoms with E-state index in [-0.39, 0.29) is 33.9 Å². The fraction of sp³-hybridized carbons (Fsp3) is 0.263. The van der Waals surface area contributed by atoms with E-state index in [0.717, 1.165) is 0 Å². The van der Waals surface area contributed by atoms with Gasteiger partial charge in [-0.1, -0.05) is 18.2 Å². The van der Waals surface area contributed by atoms with Crippen LogP contribution in [-0.4, -0.2) is 18.3 Å². The van der Waals surface area contributed by atoms with Gasteiger partial charge in [-0.3, -0.25) is 4.79 Å². The molecule has 0 fully saturated rings. The fourth-order valence-corrected chi connectivity index (χ4v) is 3.17. The van der Waals surface area contributed by atoms with E-state index in [1.54, 1.807) is 38.3 Å². The third-order valence-corrected chi connectivity index (χ3v) is 4.43. The summed E-state index contributed by atoms with van der Waals surface area (Å²) in [6.45, 7) is 2.44. The molecule has 2 aromatic rings. The number of ether oxygens (including phenoxy) is 2. The molecule has 1 aromatic carbocycles. The van der Waals surface area contributed by atoms with Gasteiger partial charge < -0.3 is 19.8 Å². The maximum absolute atomic E-state index is 14.5. The van der Waals surface area contributed by atoms with Crippen LogP contribution in [-0.2, 0) is 11.3 Å². The van der Waals surface area contributed by atoms with E-state index in [4.69, 9.17) is 15.2 Å². The van der Waals surface area contributed by atoms with Crippen molar-refractivity contribution in [3.63, 3.8) is 0 Å². The summed E-state index contributed by atoms with van der Waals surface area (Å²) >= 11 is 0. The van der Waals surface area contributed by atoms with E-state index in [1.807, 2.05) is 6.07 Å². The highest BCUT2D eigenvalue weighted by Gasteiger charge is 2.35. The zero-order valence-electron chi connectivity index (χ0n) is 14.5. The first kappa shape index (κ1) is 17.7. The Kier molecular flexibility index (Phi) is 4.78. The average Bonchev–Trinajstić information content (AvgIpc) is 2.61. The highest BCUT2D eigenvalue weighted by atomic mass is 19.1. The van der Waals surface area contributed by atoms with Crippen LogP contribution in [0.25, 0.3) is 0 Å². The van der Waals surface area contributed by atoms with Gasteiger partial charge in [0.25, 0.3) is 5.56 Å². The molecule has 3 rings (SSSR count). The molecule has 26 heavy (non-hydrogen) atoms. The highest BCUT2D eigenvalue weighted by molar-refractivity contribution is 5.55. The number of hydrogen-bond donors (Lipinski definition) is 1. The Morgan fingerprint density at radius 3 is 2.81 bits per heavy atom. The smallest absolute Gasteiger partial charge is 0.258 e. The first-order chi connectivity index (χ1) is 12.5. The largest absolute Gasteiger partial charge is 0.440 e. The van der Waals surface area contributed by atoms with Gasteiger partial charge in [0.15, 0.2) is 0 Å². The second kappa shape index (κ2) is 7.02. The van der Waals surface area contributed by atoms with Crippen LogP contribution in [0.15, 0.2) is 46.6 Å². The van der Waals surface area contributed by atoms with Crippen molar-refractivity contribution in [3.05, 3.63) is 74.8 Å². The minimum absolute atomic E-state index is 0.0156. The van der Waals surface area contributed by atoms with E-state index < -0.39 is 11.7 Å². The number of pyridine rings is 1. The minimum atomic E-state index is -0.924. The van der Waals surface area contributed by atoms with Crippen LogP contribution in [0.4, 0.5) is 4.39 Å². The number of allylic oxidation sites excluding steroid dienone is 1. The molecule has 1 aliphatic rings. The van der Waals surface area contributed by atoms with Gasteiger partial charge in [0.05, 0.1) is 18.1 Å². The molecule has 0 unspecified atom stereocenters. The van der Waals surface area contributed by atoms with Gasteiger partial charge in [0.2, 0.25) is 5.88 Å². The van der Waals surface area contributed by atoms with Crippen LogP contribution in [0.3, 0.4) is 0 Å². The summed E-state index contributed by atoms with van der Waals surface area (Å²) in [5.74, 6) is -1.33. The quantitative estimate of drug-likeness (QED) is 0.908. The molecule has 2 N–H and O–H groups in total. The molecule has 1 aromatic heterocycles. The van der Waals surface area contributed by atoms with E-state index in [0.29, 0.717) is 18.8 Å². The van der Waals surface area contributed by atoms with Gasteiger partial charge >= 0.3 is 0 Å². The molecule has 1 aliphatic heterocycles. The maximum atomic E-state index is 14.5. The van der Waals surface area contributed by atoms with E-state index in [2.05, 4.69) is 0 Å². The Labute approximate surface area is 149 Å². The molecule has 0 saturated heterocycles.